The molecule has 2 N–H and O–H groups in total. The molecule has 0 spiro atoms. The van der Waals surface area contributed by atoms with Crippen molar-refractivity contribution in [2.75, 3.05) is 26.7 Å². The van der Waals surface area contributed by atoms with Gasteiger partial charge in [-0.05, 0) is 36.8 Å². The Kier molecular flexibility index (Phi) is 6.11. The van der Waals surface area contributed by atoms with Crippen LogP contribution >= 0.6 is 0 Å². The molecule has 0 unspecified atom stereocenters. The van der Waals surface area contributed by atoms with Gasteiger partial charge in [-0.1, -0.05) is 18.2 Å². The number of methoxy groups -OCH3 is 1. The van der Waals surface area contributed by atoms with Crippen LogP contribution in [0.25, 0.3) is 0 Å². The summed E-state index contributed by atoms with van der Waals surface area (Å²) >= 11 is 0. The Labute approximate surface area is 159 Å². The van der Waals surface area contributed by atoms with Crippen LogP contribution in [0.3, 0.4) is 0 Å². The van der Waals surface area contributed by atoms with Crippen LogP contribution in [0.5, 0.6) is 0 Å². The second-order valence-electron chi connectivity index (χ2n) is 7.42. The Bertz CT molecular complexity index is 694. The molecule has 1 heterocycles. The lowest BCUT2D eigenvalue weighted by Gasteiger charge is -2.37. The minimum absolute atomic E-state index is 0.00397. The van der Waals surface area contributed by atoms with Crippen LogP contribution in [0.2, 0.25) is 0 Å². The van der Waals surface area contributed by atoms with Gasteiger partial charge in [0.05, 0.1) is 18.7 Å². The predicted octanol–water partition coefficient (Wildman–Crippen LogP) is 0.804. The largest absolute Gasteiger partial charge is 0.379 e. The molecule has 1 aliphatic heterocycles. The van der Waals surface area contributed by atoms with Crippen molar-refractivity contribution in [2.24, 2.45) is 11.8 Å². The fraction of sp³-hybridized carbons (Fsp3) is 0.550. The van der Waals surface area contributed by atoms with Crippen molar-refractivity contribution in [3.63, 3.8) is 0 Å². The lowest BCUT2D eigenvalue weighted by Crippen LogP contribution is -2.49. The smallest absolute Gasteiger partial charge is 0.251 e. The summed E-state index contributed by atoms with van der Waals surface area (Å²) in [5.74, 6) is 0.343. The van der Waals surface area contributed by atoms with Crippen LogP contribution in [0.15, 0.2) is 30.3 Å². The van der Waals surface area contributed by atoms with Crippen LogP contribution in [0.4, 0.5) is 0 Å². The van der Waals surface area contributed by atoms with E-state index in [9.17, 15) is 14.4 Å². The molecule has 1 saturated heterocycles. The maximum Gasteiger partial charge on any atom is 0.251 e. The van der Waals surface area contributed by atoms with Gasteiger partial charge in [0.1, 0.15) is 0 Å². The van der Waals surface area contributed by atoms with Gasteiger partial charge < -0.3 is 20.3 Å². The number of carbonyl (C=O) groups excluding carboxylic acids is 3. The molecule has 1 aromatic carbocycles. The Hall–Kier alpha value is -2.41. The van der Waals surface area contributed by atoms with E-state index in [2.05, 4.69) is 10.6 Å². The molecule has 27 heavy (non-hydrogen) atoms. The summed E-state index contributed by atoms with van der Waals surface area (Å²) < 4.78 is 5.56. The van der Waals surface area contributed by atoms with E-state index >= 15 is 0 Å². The first-order chi connectivity index (χ1) is 13.0. The summed E-state index contributed by atoms with van der Waals surface area (Å²) in [7, 11) is 1.66. The van der Waals surface area contributed by atoms with Gasteiger partial charge in [-0.15, -0.1) is 0 Å². The number of fused-ring (bicyclic) bond motifs is 1. The van der Waals surface area contributed by atoms with Crippen molar-refractivity contribution >= 4 is 17.7 Å². The van der Waals surface area contributed by atoms with Crippen molar-refractivity contribution < 1.29 is 19.1 Å². The number of amides is 3. The van der Waals surface area contributed by atoms with Crippen molar-refractivity contribution in [3.05, 3.63) is 35.9 Å². The van der Waals surface area contributed by atoms with Crippen LogP contribution < -0.4 is 10.6 Å². The van der Waals surface area contributed by atoms with Gasteiger partial charge in [0.15, 0.2) is 0 Å². The number of rotatable bonds is 5. The number of carbonyl (C=O) groups is 3. The van der Waals surface area contributed by atoms with Gasteiger partial charge in [0.2, 0.25) is 11.8 Å². The Morgan fingerprint density at radius 2 is 1.78 bits per heavy atom. The summed E-state index contributed by atoms with van der Waals surface area (Å²) in [6, 6.07) is 8.85. The Morgan fingerprint density at radius 3 is 2.41 bits per heavy atom. The maximum atomic E-state index is 12.5. The molecular formula is C20H27N3O4. The van der Waals surface area contributed by atoms with Gasteiger partial charge in [-0.3, -0.25) is 14.4 Å². The zero-order valence-electron chi connectivity index (χ0n) is 15.8. The highest BCUT2D eigenvalue weighted by Gasteiger charge is 2.43. The van der Waals surface area contributed by atoms with Gasteiger partial charge >= 0.3 is 0 Å². The first-order valence-electron chi connectivity index (χ1n) is 9.39. The molecule has 2 fully saturated rings. The highest BCUT2D eigenvalue weighted by Crippen LogP contribution is 2.37. The molecule has 146 valence electrons. The molecule has 1 saturated carbocycles. The number of nitrogens with zero attached hydrogens (tertiary/aromatic N) is 1. The summed E-state index contributed by atoms with van der Waals surface area (Å²) in [5, 5.41) is 5.67. The van der Waals surface area contributed by atoms with E-state index < -0.39 is 0 Å². The number of ether oxygens (including phenoxy) is 1. The van der Waals surface area contributed by atoms with E-state index in [-0.39, 0.29) is 36.4 Å². The fourth-order valence-electron chi connectivity index (χ4n) is 4.25. The Morgan fingerprint density at radius 1 is 1.11 bits per heavy atom. The summed E-state index contributed by atoms with van der Waals surface area (Å²) in [6.07, 6.45) is 1.61. The first-order valence-corrected chi connectivity index (χ1v) is 9.39. The zero-order chi connectivity index (χ0) is 19.4. The monoisotopic (exact) mass is 373 g/mol. The highest BCUT2D eigenvalue weighted by molar-refractivity contribution is 5.96. The number of hydrogen-bond acceptors (Lipinski definition) is 4. The SMILES string of the molecule is CO[C@@H]1C[C@H]2CN(C(=O)CNC(=O)c3ccccc3)C[C@H]2C[C@H]1NC(C)=O. The summed E-state index contributed by atoms with van der Waals surface area (Å²) in [4.78, 5) is 37.9. The van der Waals surface area contributed by atoms with E-state index in [0.29, 0.717) is 30.5 Å². The third-order valence-corrected chi connectivity index (χ3v) is 5.60. The number of likely N-dealkylation sites (tertiary alicyclic amines) is 1. The fourth-order valence-corrected chi connectivity index (χ4v) is 4.25. The standard InChI is InChI=1S/C20H27N3O4/c1-13(24)22-17-8-15-11-23(12-16(15)9-18(17)27-2)19(25)10-21-20(26)14-6-4-3-5-7-14/h3-7,15-18H,8-12H2,1-2H3,(H,21,26)(H,22,24)/t15-,16+,17-,18-/m1/s1. The second kappa shape index (κ2) is 8.52. The minimum atomic E-state index is -0.245. The summed E-state index contributed by atoms with van der Waals surface area (Å²) in [6.45, 7) is 2.85. The molecule has 1 aromatic rings. The van der Waals surface area contributed by atoms with Crippen LogP contribution in [-0.2, 0) is 14.3 Å². The number of hydrogen-bond donors (Lipinski definition) is 2. The van der Waals surface area contributed by atoms with Crippen LogP contribution in [0.1, 0.15) is 30.1 Å². The van der Waals surface area contributed by atoms with Gasteiger partial charge in [0, 0.05) is 32.7 Å². The van der Waals surface area contributed by atoms with Gasteiger partial charge in [-0.25, -0.2) is 0 Å². The molecule has 0 aromatic heterocycles. The molecule has 7 nitrogen and oxygen atoms in total. The molecular weight excluding hydrogens is 346 g/mol. The molecule has 4 atom stereocenters. The van der Waals surface area contributed by atoms with E-state index in [4.69, 9.17) is 4.74 Å². The average molecular weight is 373 g/mol. The molecule has 2 aliphatic rings. The molecule has 3 rings (SSSR count). The lowest BCUT2D eigenvalue weighted by atomic mass is 9.77. The quantitative estimate of drug-likeness (QED) is 0.799. The van der Waals surface area contributed by atoms with Crippen LogP contribution in [-0.4, -0.2) is 61.5 Å². The molecule has 1 aliphatic carbocycles. The van der Waals surface area contributed by atoms with E-state index in [1.54, 1.807) is 31.4 Å². The summed E-state index contributed by atoms with van der Waals surface area (Å²) in [5.41, 5.74) is 0.543. The number of benzene rings is 1. The molecule has 0 radical (unpaired) electrons. The zero-order valence-corrected chi connectivity index (χ0v) is 15.8. The molecule has 0 bridgehead atoms. The average Bonchev–Trinajstić information content (AvgIpc) is 3.08. The Balaban J connectivity index is 1.53. The molecule has 3 amide bonds. The van der Waals surface area contributed by atoms with E-state index in [1.165, 1.54) is 6.92 Å². The number of nitrogens with one attached hydrogen (secondary N) is 2. The predicted molar refractivity (Wildman–Crippen MR) is 100.0 cm³/mol. The van der Waals surface area contributed by atoms with Crippen molar-refractivity contribution in [3.8, 4) is 0 Å². The topological polar surface area (TPSA) is 87.7 Å². The van der Waals surface area contributed by atoms with E-state index in [0.717, 1.165) is 12.8 Å². The molecule has 7 heteroatoms. The highest BCUT2D eigenvalue weighted by atomic mass is 16.5. The van der Waals surface area contributed by atoms with E-state index in [1.807, 2.05) is 11.0 Å². The third kappa shape index (κ3) is 4.66. The minimum Gasteiger partial charge on any atom is -0.379 e. The lowest BCUT2D eigenvalue weighted by molar-refractivity contribution is -0.129. The van der Waals surface area contributed by atoms with Crippen molar-refractivity contribution in [1.29, 1.82) is 0 Å². The maximum absolute atomic E-state index is 12.5. The van der Waals surface area contributed by atoms with Crippen molar-refractivity contribution in [1.82, 2.24) is 15.5 Å². The third-order valence-electron chi connectivity index (χ3n) is 5.60. The first kappa shape index (κ1) is 19.4. The van der Waals surface area contributed by atoms with Gasteiger partial charge in [-0.2, -0.15) is 0 Å². The normalized spacial score (nSPS) is 27.0. The van der Waals surface area contributed by atoms with Crippen LogP contribution in [0, 0.1) is 11.8 Å². The van der Waals surface area contributed by atoms with Crippen molar-refractivity contribution in [2.45, 2.75) is 31.9 Å². The van der Waals surface area contributed by atoms with Gasteiger partial charge in [0.25, 0.3) is 5.91 Å². The second-order valence-corrected chi connectivity index (χ2v) is 7.42.